The first-order chi connectivity index (χ1) is 9.13. The summed E-state index contributed by atoms with van der Waals surface area (Å²) >= 11 is 0. The maximum absolute atomic E-state index is 13.3. The van der Waals surface area contributed by atoms with E-state index in [9.17, 15) is 9.18 Å². The minimum atomic E-state index is -0.343. The van der Waals surface area contributed by atoms with Crippen molar-refractivity contribution < 1.29 is 13.9 Å². The van der Waals surface area contributed by atoms with E-state index in [-0.39, 0.29) is 17.7 Å². The molecule has 0 N–H and O–H groups in total. The molecule has 1 fully saturated rings. The van der Waals surface area contributed by atoms with Crippen molar-refractivity contribution >= 4 is 5.78 Å². The van der Waals surface area contributed by atoms with Gasteiger partial charge in [-0.05, 0) is 36.8 Å². The van der Waals surface area contributed by atoms with E-state index >= 15 is 0 Å². The lowest BCUT2D eigenvalue weighted by Crippen LogP contribution is -2.35. The van der Waals surface area contributed by atoms with Crippen LogP contribution < -0.4 is 4.74 Å². The van der Waals surface area contributed by atoms with E-state index in [0.29, 0.717) is 23.7 Å². The molecule has 2 aliphatic rings. The van der Waals surface area contributed by atoms with Crippen LogP contribution >= 0.6 is 0 Å². The molecule has 1 saturated carbocycles. The first-order valence-electron chi connectivity index (χ1n) is 7.13. The van der Waals surface area contributed by atoms with Crippen LogP contribution in [0.5, 0.6) is 5.75 Å². The van der Waals surface area contributed by atoms with Crippen molar-refractivity contribution in [1.29, 1.82) is 0 Å². The number of fused-ring (bicyclic) bond motifs is 1. The molecule has 1 unspecified atom stereocenters. The fourth-order valence-corrected chi connectivity index (χ4v) is 3.24. The molecule has 0 radical (unpaired) electrons. The fourth-order valence-electron chi connectivity index (χ4n) is 3.24. The van der Waals surface area contributed by atoms with Gasteiger partial charge in [-0.3, -0.25) is 4.79 Å². The number of ether oxygens (including phenoxy) is 1. The van der Waals surface area contributed by atoms with E-state index in [1.165, 1.54) is 31.0 Å². The Morgan fingerprint density at radius 1 is 1.21 bits per heavy atom. The highest BCUT2D eigenvalue weighted by Crippen LogP contribution is 2.37. The molecule has 1 aromatic rings. The predicted octanol–water partition coefficient (Wildman–Crippen LogP) is 3.99. The van der Waals surface area contributed by atoms with Crippen molar-refractivity contribution in [2.75, 3.05) is 0 Å². The van der Waals surface area contributed by atoms with Crippen LogP contribution in [-0.2, 0) is 0 Å². The smallest absolute Gasteiger partial charge is 0.170 e. The second-order valence-electron chi connectivity index (χ2n) is 5.94. The Labute approximate surface area is 113 Å². The van der Waals surface area contributed by atoms with Gasteiger partial charge in [0.25, 0.3) is 0 Å². The van der Waals surface area contributed by atoms with Gasteiger partial charge in [0.2, 0.25) is 0 Å². The van der Waals surface area contributed by atoms with Gasteiger partial charge < -0.3 is 4.74 Å². The molecule has 19 heavy (non-hydrogen) atoms. The molecule has 102 valence electrons. The van der Waals surface area contributed by atoms with Crippen molar-refractivity contribution in [3.8, 4) is 5.75 Å². The Bertz CT molecular complexity index is 490. The van der Waals surface area contributed by atoms with Gasteiger partial charge in [-0.2, -0.15) is 0 Å². The normalized spacial score (nSPS) is 30.6. The molecule has 3 heteroatoms. The van der Waals surface area contributed by atoms with Crippen LogP contribution in [-0.4, -0.2) is 11.9 Å². The Morgan fingerprint density at radius 2 is 1.95 bits per heavy atom. The van der Waals surface area contributed by atoms with Gasteiger partial charge in [0, 0.05) is 12.5 Å². The lowest BCUT2D eigenvalue weighted by Gasteiger charge is -2.35. The highest BCUT2D eigenvalue weighted by molar-refractivity contribution is 5.99. The number of hydrogen-bond acceptors (Lipinski definition) is 2. The molecule has 1 aliphatic heterocycles. The summed E-state index contributed by atoms with van der Waals surface area (Å²) in [5, 5.41) is 0. The van der Waals surface area contributed by atoms with Crippen molar-refractivity contribution in [3.05, 3.63) is 29.6 Å². The molecule has 0 aromatic heterocycles. The lowest BCUT2D eigenvalue weighted by molar-refractivity contribution is 0.0616. The zero-order valence-corrected chi connectivity index (χ0v) is 11.2. The summed E-state index contributed by atoms with van der Waals surface area (Å²) in [6.07, 6.45) is 5.02. The zero-order valence-electron chi connectivity index (χ0n) is 11.2. The fraction of sp³-hybridized carbons (Fsp3) is 0.562. The van der Waals surface area contributed by atoms with E-state index in [1.54, 1.807) is 0 Å². The number of carbonyl (C=O) groups is 1. The summed E-state index contributed by atoms with van der Waals surface area (Å²) in [6, 6.07) is 4.19. The van der Waals surface area contributed by atoms with Crippen molar-refractivity contribution in [3.63, 3.8) is 0 Å². The average molecular weight is 262 g/mol. The number of Topliss-reactive ketones (excluding diaryl/α,β-unsaturated/α-hetero) is 1. The first-order valence-corrected chi connectivity index (χ1v) is 7.13. The van der Waals surface area contributed by atoms with E-state index in [1.807, 2.05) is 0 Å². The zero-order chi connectivity index (χ0) is 13.4. The molecule has 0 spiro atoms. The van der Waals surface area contributed by atoms with E-state index in [2.05, 4.69) is 6.92 Å². The molecule has 2 nitrogen and oxygen atoms in total. The van der Waals surface area contributed by atoms with E-state index < -0.39 is 0 Å². The highest BCUT2D eigenvalue weighted by atomic mass is 19.1. The number of benzene rings is 1. The molecule has 0 bridgehead atoms. The Kier molecular flexibility index (Phi) is 3.29. The van der Waals surface area contributed by atoms with Crippen LogP contribution in [0.3, 0.4) is 0 Å². The minimum absolute atomic E-state index is 0.0608. The summed E-state index contributed by atoms with van der Waals surface area (Å²) in [6.45, 7) is 2.27. The molecule has 3 rings (SSSR count). The first kappa shape index (κ1) is 12.6. The third kappa shape index (κ3) is 2.51. The highest BCUT2D eigenvalue weighted by Gasteiger charge is 2.34. The predicted molar refractivity (Wildman–Crippen MR) is 70.9 cm³/mol. The van der Waals surface area contributed by atoms with Gasteiger partial charge in [-0.1, -0.05) is 19.8 Å². The van der Waals surface area contributed by atoms with Gasteiger partial charge in [-0.15, -0.1) is 0 Å². The van der Waals surface area contributed by atoms with Crippen LogP contribution in [0.2, 0.25) is 0 Å². The number of carbonyl (C=O) groups excluding carboxylic acids is 1. The minimum Gasteiger partial charge on any atom is -0.489 e. The quantitative estimate of drug-likeness (QED) is 0.765. The molecule has 0 amide bonds. The van der Waals surface area contributed by atoms with Gasteiger partial charge in [-0.25, -0.2) is 4.39 Å². The molecular weight excluding hydrogens is 243 g/mol. The van der Waals surface area contributed by atoms with Crippen molar-refractivity contribution in [1.82, 2.24) is 0 Å². The molecule has 1 atom stereocenters. The van der Waals surface area contributed by atoms with Gasteiger partial charge in [0.15, 0.2) is 5.78 Å². The standard InChI is InChI=1S/C16H19FO2/c1-10-2-4-11(5-3-10)15-9-14(18)13-7-6-12(17)8-16(13)19-15/h6-8,10-11,15H,2-5,9H2,1H3. The topological polar surface area (TPSA) is 26.3 Å². The maximum atomic E-state index is 13.3. The van der Waals surface area contributed by atoms with Crippen LogP contribution in [0.25, 0.3) is 0 Å². The third-order valence-electron chi connectivity index (χ3n) is 4.50. The van der Waals surface area contributed by atoms with Crippen LogP contribution in [0.4, 0.5) is 4.39 Å². The van der Waals surface area contributed by atoms with E-state index in [0.717, 1.165) is 18.8 Å². The largest absolute Gasteiger partial charge is 0.489 e. The number of ketones is 1. The maximum Gasteiger partial charge on any atom is 0.170 e. The molecule has 1 heterocycles. The molecule has 0 saturated heterocycles. The van der Waals surface area contributed by atoms with Gasteiger partial charge in [0.1, 0.15) is 17.7 Å². The summed E-state index contributed by atoms with van der Waals surface area (Å²) in [4.78, 5) is 12.1. The monoisotopic (exact) mass is 262 g/mol. The lowest BCUT2D eigenvalue weighted by atomic mass is 9.78. The number of halogens is 1. The van der Waals surface area contributed by atoms with E-state index in [4.69, 9.17) is 4.74 Å². The SMILES string of the molecule is CC1CCC(C2CC(=O)c3ccc(F)cc3O2)CC1. The third-order valence-corrected chi connectivity index (χ3v) is 4.50. The average Bonchev–Trinajstić information content (AvgIpc) is 2.38. The summed E-state index contributed by atoms with van der Waals surface area (Å²) < 4.78 is 19.1. The van der Waals surface area contributed by atoms with Gasteiger partial charge in [0.05, 0.1) is 5.56 Å². The van der Waals surface area contributed by atoms with Crippen LogP contribution in [0.1, 0.15) is 49.4 Å². The summed E-state index contributed by atoms with van der Waals surface area (Å²) in [7, 11) is 0. The number of hydrogen-bond donors (Lipinski definition) is 0. The molecule has 1 aromatic carbocycles. The van der Waals surface area contributed by atoms with Crippen molar-refractivity contribution in [2.45, 2.75) is 45.1 Å². The Balaban J connectivity index is 1.78. The van der Waals surface area contributed by atoms with Gasteiger partial charge >= 0.3 is 0 Å². The molecular formula is C16H19FO2. The van der Waals surface area contributed by atoms with Crippen molar-refractivity contribution in [2.24, 2.45) is 11.8 Å². The Hall–Kier alpha value is -1.38. The summed E-state index contributed by atoms with van der Waals surface area (Å²) in [5.41, 5.74) is 0.529. The molecule has 1 aliphatic carbocycles. The Morgan fingerprint density at radius 3 is 2.68 bits per heavy atom. The second kappa shape index (κ2) is 4.95. The van der Waals surface area contributed by atoms with Crippen LogP contribution in [0, 0.1) is 17.7 Å². The second-order valence-corrected chi connectivity index (χ2v) is 5.94. The summed E-state index contributed by atoms with van der Waals surface area (Å²) in [5.74, 6) is 1.39. The number of rotatable bonds is 1. The van der Waals surface area contributed by atoms with Crippen LogP contribution in [0.15, 0.2) is 18.2 Å².